The van der Waals surface area contributed by atoms with Gasteiger partial charge in [-0.25, -0.2) is 8.78 Å². The molecule has 3 rings (SSSR count). The topological polar surface area (TPSA) is 55.8 Å². The Balaban J connectivity index is 2.09. The van der Waals surface area contributed by atoms with Gasteiger partial charge in [0.2, 0.25) is 0 Å². The fourth-order valence-corrected chi connectivity index (χ4v) is 6.78. The highest BCUT2D eigenvalue weighted by Gasteiger charge is 2.68. The van der Waals surface area contributed by atoms with E-state index in [9.17, 15) is 18.7 Å². The molecule has 0 spiro atoms. The molecule has 3 aliphatic rings. The van der Waals surface area contributed by atoms with Gasteiger partial charge in [-0.1, -0.05) is 20.8 Å². The average Bonchev–Trinajstić information content (AvgIpc) is 3.02. The highest BCUT2D eigenvalue weighted by molar-refractivity contribution is 5.90. The third kappa shape index (κ3) is 2.98. The number of aliphatic hydroxyl groups is 1. The van der Waals surface area contributed by atoms with Crippen LogP contribution in [0.4, 0.5) is 8.78 Å². The first-order chi connectivity index (χ1) is 12.5. The van der Waals surface area contributed by atoms with Crippen LogP contribution in [0.5, 0.6) is 0 Å². The number of aliphatic hydroxyl groups excluding tert-OH is 1. The van der Waals surface area contributed by atoms with E-state index in [4.69, 9.17) is 9.47 Å². The lowest BCUT2D eigenvalue weighted by molar-refractivity contribution is -0.209. The average molecular weight is 388 g/mol. The molecule has 3 saturated carbocycles. The molecular formula is C21H34F2O4. The zero-order valence-corrected chi connectivity index (χ0v) is 17.1. The molecule has 156 valence electrons. The number of carbonyl (C=O) groups excluding carboxylic acids is 1. The van der Waals surface area contributed by atoms with Crippen molar-refractivity contribution in [3.8, 4) is 0 Å². The van der Waals surface area contributed by atoms with E-state index >= 15 is 0 Å². The number of rotatable bonds is 4. The summed E-state index contributed by atoms with van der Waals surface area (Å²) in [6.45, 7) is 7.00. The predicted octanol–water partition coefficient (Wildman–Crippen LogP) is 3.84. The molecule has 2 unspecified atom stereocenters. The zero-order valence-electron chi connectivity index (χ0n) is 17.1. The molecule has 3 fully saturated rings. The van der Waals surface area contributed by atoms with Crippen molar-refractivity contribution in [2.45, 2.75) is 84.0 Å². The summed E-state index contributed by atoms with van der Waals surface area (Å²) in [6, 6.07) is 0. The van der Waals surface area contributed by atoms with Crippen LogP contribution in [-0.4, -0.2) is 48.8 Å². The first kappa shape index (κ1) is 21.1. The third-order valence-electron chi connectivity index (χ3n) is 8.57. The van der Waals surface area contributed by atoms with Gasteiger partial charge in [0.25, 0.3) is 6.43 Å². The van der Waals surface area contributed by atoms with Crippen molar-refractivity contribution < 1.29 is 28.2 Å². The van der Waals surface area contributed by atoms with Crippen molar-refractivity contribution in [2.75, 3.05) is 13.7 Å². The van der Waals surface area contributed by atoms with E-state index in [1.54, 1.807) is 14.0 Å². The summed E-state index contributed by atoms with van der Waals surface area (Å²) in [5, 5.41) is 11.3. The maximum atomic E-state index is 13.5. The molecule has 3 aliphatic carbocycles. The van der Waals surface area contributed by atoms with Crippen molar-refractivity contribution in [3.05, 3.63) is 0 Å². The first-order valence-electron chi connectivity index (χ1n) is 10.2. The van der Waals surface area contributed by atoms with Crippen LogP contribution in [-0.2, 0) is 14.3 Å². The molecule has 0 aromatic heterocycles. The summed E-state index contributed by atoms with van der Waals surface area (Å²) in [5.74, 6) is -0.140. The Morgan fingerprint density at radius 1 is 1.22 bits per heavy atom. The molecule has 0 aromatic carbocycles. The number of methoxy groups -OCH3 is 1. The maximum absolute atomic E-state index is 13.5. The second-order valence-corrected chi connectivity index (χ2v) is 9.57. The highest BCUT2D eigenvalue weighted by Crippen LogP contribution is 2.67. The quantitative estimate of drug-likeness (QED) is 0.795. The van der Waals surface area contributed by atoms with Crippen LogP contribution in [0.25, 0.3) is 0 Å². The summed E-state index contributed by atoms with van der Waals surface area (Å²) in [6.07, 6.45) is 0.182. The Bertz CT molecular complexity index is 585. The summed E-state index contributed by atoms with van der Waals surface area (Å²) in [4.78, 5) is 13.5. The van der Waals surface area contributed by atoms with Crippen LogP contribution in [0.1, 0.15) is 59.8 Å². The van der Waals surface area contributed by atoms with E-state index in [1.165, 1.54) is 0 Å². The fraction of sp³-hybridized carbons (Fsp3) is 0.952. The van der Waals surface area contributed by atoms with Crippen molar-refractivity contribution in [2.24, 2.45) is 28.6 Å². The van der Waals surface area contributed by atoms with Crippen molar-refractivity contribution >= 4 is 5.78 Å². The second kappa shape index (κ2) is 7.03. The molecule has 8 atom stereocenters. The van der Waals surface area contributed by atoms with Gasteiger partial charge in [-0.15, -0.1) is 0 Å². The smallest absolute Gasteiger partial charge is 0.261 e. The van der Waals surface area contributed by atoms with Gasteiger partial charge in [-0.3, -0.25) is 4.79 Å². The number of ketones is 1. The van der Waals surface area contributed by atoms with Gasteiger partial charge in [0.05, 0.1) is 12.2 Å². The Morgan fingerprint density at radius 3 is 2.44 bits per heavy atom. The molecule has 0 radical (unpaired) electrons. The summed E-state index contributed by atoms with van der Waals surface area (Å²) >= 11 is 0. The molecule has 0 heterocycles. The van der Waals surface area contributed by atoms with E-state index in [2.05, 4.69) is 13.8 Å². The Hall–Kier alpha value is -0.590. The number of alkyl halides is 2. The lowest BCUT2D eigenvalue weighted by Gasteiger charge is -2.61. The van der Waals surface area contributed by atoms with Gasteiger partial charge in [0, 0.05) is 24.9 Å². The fourth-order valence-electron chi connectivity index (χ4n) is 6.78. The molecule has 6 heteroatoms. The Morgan fingerprint density at radius 2 is 1.85 bits per heavy atom. The Labute approximate surface area is 161 Å². The van der Waals surface area contributed by atoms with Crippen LogP contribution in [0, 0.1) is 28.6 Å². The Kier molecular flexibility index (Phi) is 5.50. The number of hydrogen-bond acceptors (Lipinski definition) is 4. The summed E-state index contributed by atoms with van der Waals surface area (Å²) < 4.78 is 37.0. The second-order valence-electron chi connectivity index (χ2n) is 9.57. The molecule has 0 aromatic rings. The highest BCUT2D eigenvalue weighted by atomic mass is 19.3. The molecule has 0 aliphatic heterocycles. The van der Waals surface area contributed by atoms with Gasteiger partial charge in [-0.05, 0) is 49.9 Å². The lowest BCUT2D eigenvalue weighted by Crippen LogP contribution is -2.64. The van der Waals surface area contributed by atoms with Gasteiger partial charge >= 0.3 is 0 Å². The van der Waals surface area contributed by atoms with E-state index in [0.29, 0.717) is 0 Å². The number of ether oxygens (including phenoxy) is 2. The summed E-state index contributed by atoms with van der Waals surface area (Å²) in [5.41, 5.74) is -2.10. The van der Waals surface area contributed by atoms with Crippen LogP contribution in [0.15, 0.2) is 0 Å². The molecule has 4 nitrogen and oxygen atoms in total. The van der Waals surface area contributed by atoms with E-state index < -0.39 is 30.2 Å². The lowest BCUT2D eigenvalue weighted by atomic mass is 9.45. The van der Waals surface area contributed by atoms with Gasteiger partial charge in [-0.2, -0.15) is 0 Å². The number of hydrogen-bond donors (Lipinski definition) is 1. The number of halogens is 2. The third-order valence-corrected chi connectivity index (χ3v) is 8.57. The largest absolute Gasteiger partial charge is 0.392 e. The SMILES string of the molecule is CO[C@@H]1CCC23CC[C@@H](C)[C@](C)(C12)[C@H](O)C[C@@](C)(OCC(F)F)C(=O)[C@@H]3C. The maximum Gasteiger partial charge on any atom is 0.261 e. The standard InChI is InChI=1S/C21H34F2O4/c1-12-6-8-21-9-7-14(26-5)17(21)20(12,4)15(24)10-19(3,18(25)13(21)2)27-11-16(22)23/h12-17,24H,6-11H2,1-5H3/t12-,13+,14-,15-,17?,19-,20+,21?/m1/s1. The first-order valence-corrected chi connectivity index (χ1v) is 10.2. The van der Waals surface area contributed by atoms with Gasteiger partial charge < -0.3 is 14.6 Å². The van der Waals surface area contributed by atoms with E-state index in [1.807, 2.05) is 6.92 Å². The van der Waals surface area contributed by atoms with Gasteiger partial charge in [0.15, 0.2) is 5.78 Å². The molecule has 0 amide bonds. The number of carbonyl (C=O) groups is 1. The predicted molar refractivity (Wildman–Crippen MR) is 97.6 cm³/mol. The zero-order chi connectivity index (χ0) is 20.2. The summed E-state index contributed by atoms with van der Waals surface area (Å²) in [7, 11) is 1.71. The molecule has 1 N–H and O–H groups in total. The van der Waals surface area contributed by atoms with E-state index in [-0.39, 0.29) is 41.5 Å². The van der Waals surface area contributed by atoms with E-state index in [0.717, 1.165) is 25.7 Å². The molecule has 27 heavy (non-hydrogen) atoms. The van der Waals surface area contributed by atoms with Crippen LogP contribution in [0.2, 0.25) is 0 Å². The van der Waals surface area contributed by atoms with Crippen LogP contribution < -0.4 is 0 Å². The molecule has 2 bridgehead atoms. The van der Waals surface area contributed by atoms with Crippen LogP contribution >= 0.6 is 0 Å². The minimum absolute atomic E-state index is 0.00832. The minimum Gasteiger partial charge on any atom is -0.392 e. The minimum atomic E-state index is -2.64. The normalized spacial score (nSPS) is 50.4. The molecule has 0 saturated heterocycles. The molecular weight excluding hydrogens is 354 g/mol. The van der Waals surface area contributed by atoms with Crippen LogP contribution in [0.3, 0.4) is 0 Å². The van der Waals surface area contributed by atoms with Crippen molar-refractivity contribution in [3.63, 3.8) is 0 Å². The number of Topliss-reactive ketones (excluding diaryl/α,β-unsaturated/α-hetero) is 1. The van der Waals surface area contributed by atoms with Crippen molar-refractivity contribution in [1.82, 2.24) is 0 Å². The monoisotopic (exact) mass is 388 g/mol. The van der Waals surface area contributed by atoms with Crippen molar-refractivity contribution in [1.29, 1.82) is 0 Å². The van der Waals surface area contributed by atoms with Gasteiger partial charge in [0.1, 0.15) is 12.2 Å².